The van der Waals surface area contributed by atoms with Crippen molar-refractivity contribution in [3.63, 3.8) is 0 Å². The standard InChI is InChI=1S/C15H24O3/c1-10-11-6-13(2,3)7-12(11)18-15(10)16-8-14(4,5)9-17-15/h11-12H,1,6-9H2,2-5H3/t11-,12+/m1/s1. The van der Waals surface area contributed by atoms with Crippen LogP contribution in [-0.2, 0) is 14.2 Å². The van der Waals surface area contributed by atoms with Crippen LogP contribution in [0.5, 0.6) is 0 Å². The van der Waals surface area contributed by atoms with E-state index in [0.29, 0.717) is 24.5 Å². The number of fused-ring (bicyclic) bond motifs is 1. The van der Waals surface area contributed by atoms with Crippen LogP contribution < -0.4 is 0 Å². The summed E-state index contributed by atoms with van der Waals surface area (Å²) in [5.74, 6) is -0.553. The van der Waals surface area contributed by atoms with E-state index in [4.69, 9.17) is 14.2 Å². The van der Waals surface area contributed by atoms with Crippen LogP contribution in [0.25, 0.3) is 0 Å². The largest absolute Gasteiger partial charge is 0.323 e. The zero-order chi connectivity index (χ0) is 13.2. The average Bonchev–Trinajstić information content (AvgIpc) is 2.66. The van der Waals surface area contributed by atoms with Gasteiger partial charge in [0.2, 0.25) is 0 Å². The van der Waals surface area contributed by atoms with Gasteiger partial charge in [-0.25, -0.2) is 0 Å². The number of rotatable bonds is 0. The van der Waals surface area contributed by atoms with E-state index in [1.165, 1.54) is 0 Å². The highest BCUT2D eigenvalue weighted by atomic mass is 16.9. The SMILES string of the molecule is C=C1[C@H]2CC(C)(C)C[C@@H]2OC12OCC(C)(C)CO2. The third-order valence-corrected chi connectivity index (χ3v) is 4.43. The Bertz CT molecular complexity index is 373. The Morgan fingerprint density at radius 1 is 1.00 bits per heavy atom. The lowest BCUT2D eigenvalue weighted by Crippen LogP contribution is -2.48. The fourth-order valence-electron chi connectivity index (χ4n) is 3.39. The van der Waals surface area contributed by atoms with Crippen molar-refractivity contribution in [1.29, 1.82) is 0 Å². The van der Waals surface area contributed by atoms with E-state index < -0.39 is 5.97 Å². The fourth-order valence-corrected chi connectivity index (χ4v) is 3.39. The third kappa shape index (κ3) is 1.84. The fraction of sp³-hybridized carbons (Fsp3) is 0.867. The second-order valence-corrected chi connectivity index (χ2v) is 7.66. The highest BCUT2D eigenvalue weighted by Gasteiger charge is 2.59. The highest BCUT2D eigenvalue weighted by Crippen LogP contribution is 2.55. The quantitative estimate of drug-likeness (QED) is 0.620. The third-order valence-electron chi connectivity index (χ3n) is 4.43. The molecule has 0 radical (unpaired) electrons. The molecule has 0 aromatic rings. The summed E-state index contributed by atoms with van der Waals surface area (Å²) in [7, 11) is 0. The molecule has 2 saturated heterocycles. The number of hydrogen-bond donors (Lipinski definition) is 0. The van der Waals surface area contributed by atoms with E-state index in [2.05, 4.69) is 34.3 Å². The minimum atomic E-state index is -0.943. The van der Waals surface area contributed by atoms with Crippen LogP contribution in [0.15, 0.2) is 12.2 Å². The minimum Gasteiger partial charge on any atom is -0.323 e. The van der Waals surface area contributed by atoms with Gasteiger partial charge in [-0.05, 0) is 18.3 Å². The zero-order valence-corrected chi connectivity index (χ0v) is 11.9. The summed E-state index contributed by atoms with van der Waals surface area (Å²) in [6.07, 6.45) is 2.40. The normalized spacial score (nSPS) is 40.1. The Kier molecular flexibility index (Phi) is 2.52. The van der Waals surface area contributed by atoms with Crippen molar-refractivity contribution in [2.24, 2.45) is 16.7 Å². The molecule has 0 N–H and O–H groups in total. The van der Waals surface area contributed by atoms with E-state index in [9.17, 15) is 0 Å². The van der Waals surface area contributed by atoms with Crippen LogP contribution in [0.3, 0.4) is 0 Å². The van der Waals surface area contributed by atoms with Crippen LogP contribution in [0.1, 0.15) is 40.5 Å². The maximum absolute atomic E-state index is 6.11. The molecule has 0 amide bonds. The van der Waals surface area contributed by atoms with Gasteiger partial charge in [-0.3, -0.25) is 0 Å². The number of hydrogen-bond acceptors (Lipinski definition) is 3. The molecule has 1 saturated carbocycles. The first-order valence-corrected chi connectivity index (χ1v) is 6.88. The molecule has 18 heavy (non-hydrogen) atoms. The molecule has 3 aliphatic rings. The number of ether oxygens (including phenoxy) is 3. The lowest BCUT2D eigenvalue weighted by molar-refractivity contribution is -0.391. The van der Waals surface area contributed by atoms with E-state index in [1.54, 1.807) is 0 Å². The lowest BCUT2D eigenvalue weighted by Gasteiger charge is -2.41. The average molecular weight is 252 g/mol. The molecule has 1 spiro atoms. The molecule has 0 aromatic carbocycles. The van der Waals surface area contributed by atoms with Crippen LogP contribution >= 0.6 is 0 Å². The Balaban J connectivity index is 1.77. The predicted octanol–water partition coefficient (Wildman–Crippen LogP) is 3.10. The van der Waals surface area contributed by atoms with Gasteiger partial charge in [0.05, 0.1) is 19.3 Å². The molecule has 0 unspecified atom stereocenters. The molecule has 2 atom stereocenters. The molecular formula is C15H24O3. The molecule has 3 fully saturated rings. The van der Waals surface area contributed by atoms with Crippen molar-refractivity contribution in [2.75, 3.05) is 13.2 Å². The van der Waals surface area contributed by atoms with Gasteiger partial charge in [-0.2, -0.15) is 0 Å². The first kappa shape index (κ1) is 12.6. The molecule has 3 nitrogen and oxygen atoms in total. The first-order valence-electron chi connectivity index (χ1n) is 6.88. The van der Waals surface area contributed by atoms with Crippen LogP contribution in [0, 0.1) is 16.7 Å². The van der Waals surface area contributed by atoms with E-state index >= 15 is 0 Å². The molecule has 0 bridgehead atoms. The Morgan fingerprint density at radius 3 is 2.17 bits per heavy atom. The van der Waals surface area contributed by atoms with E-state index in [-0.39, 0.29) is 11.5 Å². The van der Waals surface area contributed by atoms with Crippen molar-refractivity contribution < 1.29 is 14.2 Å². The predicted molar refractivity (Wildman–Crippen MR) is 68.9 cm³/mol. The summed E-state index contributed by atoms with van der Waals surface area (Å²) >= 11 is 0. The summed E-state index contributed by atoms with van der Waals surface area (Å²) in [5.41, 5.74) is 1.40. The zero-order valence-electron chi connectivity index (χ0n) is 11.9. The molecule has 1 aliphatic carbocycles. The highest BCUT2D eigenvalue weighted by molar-refractivity contribution is 5.21. The van der Waals surface area contributed by atoms with E-state index in [0.717, 1.165) is 18.4 Å². The van der Waals surface area contributed by atoms with Gasteiger partial charge in [-0.1, -0.05) is 34.3 Å². The second-order valence-electron chi connectivity index (χ2n) is 7.66. The topological polar surface area (TPSA) is 27.7 Å². The summed E-state index contributed by atoms with van der Waals surface area (Å²) in [5, 5.41) is 0. The van der Waals surface area contributed by atoms with Crippen LogP contribution in [-0.4, -0.2) is 25.3 Å². The van der Waals surface area contributed by atoms with Crippen LogP contribution in [0.2, 0.25) is 0 Å². The van der Waals surface area contributed by atoms with Gasteiger partial charge in [0.1, 0.15) is 0 Å². The monoisotopic (exact) mass is 252 g/mol. The van der Waals surface area contributed by atoms with Crippen molar-refractivity contribution in [3.05, 3.63) is 12.2 Å². The van der Waals surface area contributed by atoms with Gasteiger partial charge in [0, 0.05) is 16.9 Å². The van der Waals surface area contributed by atoms with Crippen molar-refractivity contribution in [3.8, 4) is 0 Å². The maximum atomic E-state index is 6.11. The molecule has 2 aliphatic heterocycles. The Labute approximate surface area is 109 Å². The molecular weight excluding hydrogens is 228 g/mol. The maximum Gasteiger partial charge on any atom is 0.308 e. The molecule has 102 valence electrons. The van der Waals surface area contributed by atoms with Gasteiger partial charge in [0.15, 0.2) is 0 Å². The minimum absolute atomic E-state index is 0.0614. The van der Waals surface area contributed by atoms with Crippen molar-refractivity contribution in [1.82, 2.24) is 0 Å². The summed E-state index contributed by atoms with van der Waals surface area (Å²) in [6, 6.07) is 0. The van der Waals surface area contributed by atoms with Gasteiger partial charge in [0.25, 0.3) is 0 Å². The van der Waals surface area contributed by atoms with Gasteiger partial charge in [-0.15, -0.1) is 0 Å². The summed E-state index contributed by atoms with van der Waals surface area (Å²) in [6.45, 7) is 14.4. The van der Waals surface area contributed by atoms with Gasteiger partial charge >= 0.3 is 5.97 Å². The molecule has 2 heterocycles. The van der Waals surface area contributed by atoms with E-state index in [1.807, 2.05) is 0 Å². The molecule has 0 aromatic heterocycles. The first-order chi connectivity index (χ1) is 8.23. The Morgan fingerprint density at radius 2 is 1.61 bits per heavy atom. The molecule has 3 heteroatoms. The van der Waals surface area contributed by atoms with Crippen molar-refractivity contribution >= 4 is 0 Å². The lowest BCUT2D eigenvalue weighted by atomic mass is 9.88. The summed E-state index contributed by atoms with van der Waals surface area (Å²) < 4.78 is 17.9. The second kappa shape index (κ2) is 3.59. The van der Waals surface area contributed by atoms with Gasteiger partial charge < -0.3 is 14.2 Å². The smallest absolute Gasteiger partial charge is 0.308 e. The van der Waals surface area contributed by atoms with Crippen LogP contribution in [0.4, 0.5) is 0 Å². The summed E-state index contributed by atoms with van der Waals surface area (Å²) in [4.78, 5) is 0. The van der Waals surface area contributed by atoms with Crippen molar-refractivity contribution in [2.45, 2.75) is 52.6 Å². The molecule has 3 rings (SSSR count). The Hall–Kier alpha value is -0.380.